The summed E-state index contributed by atoms with van der Waals surface area (Å²) in [6, 6.07) is -0.933. The van der Waals surface area contributed by atoms with Crippen molar-refractivity contribution in [2.24, 2.45) is 0 Å². The quantitative estimate of drug-likeness (QED) is 0.281. The number of hydrogen-bond acceptors (Lipinski definition) is 7. The summed E-state index contributed by atoms with van der Waals surface area (Å²) in [6.07, 6.45) is -5.82. The van der Waals surface area contributed by atoms with E-state index >= 15 is 0 Å². The Morgan fingerprint density at radius 2 is 1.80 bits per heavy atom. The van der Waals surface area contributed by atoms with Gasteiger partial charge in [-0.3, -0.25) is 9.87 Å². The van der Waals surface area contributed by atoms with Crippen molar-refractivity contribution in [3.63, 3.8) is 0 Å². The number of aliphatic hydroxyl groups is 4. The van der Waals surface area contributed by atoms with E-state index in [0.717, 1.165) is 0 Å². The second-order valence-electron chi connectivity index (χ2n) is 3.16. The zero-order chi connectivity index (χ0) is 11.6. The van der Waals surface area contributed by atoms with Gasteiger partial charge in [-0.05, 0) is 0 Å². The highest BCUT2D eigenvalue weighted by Crippen LogP contribution is 2.16. The maximum atomic E-state index is 10.3. The molecule has 0 radical (unpaired) electrons. The van der Waals surface area contributed by atoms with E-state index < -0.39 is 48.5 Å². The van der Waals surface area contributed by atoms with Crippen LogP contribution < -0.4 is 5.32 Å². The summed E-state index contributed by atoms with van der Waals surface area (Å²) < 4.78 is 23.1. The molecule has 9 heteroatoms. The molecule has 0 aromatic carbocycles. The summed E-state index contributed by atoms with van der Waals surface area (Å²) >= 11 is -2.62. The first-order valence-corrected chi connectivity index (χ1v) is 5.19. The molecule has 1 saturated heterocycles. The molecular weight excluding hydrogens is 230 g/mol. The fourth-order valence-corrected chi connectivity index (χ4v) is 1.71. The fourth-order valence-electron chi connectivity index (χ4n) is 1.36. The molecule has 1 heterocycles. The van der Waals surface area contributed by atoms with E-state index in [-0.39, 0.29) is 0 Å². The predicted molar refractivity (Wildman–Crippen MR) is 47.7 cm³/mol. The van der Waals surface area contributed by atoms with Gasteiger partial charge in [0.1, 0.15) is 18.3 Å². The molecule has 6 N–H and O–H groups in total. The largest absolute Gasteiger partial charge is 0.395 e. The van der Waals surface area contributed by atoms with Crippen LogP contribution in [0.4, 0.5) is 0 Å². The third-order valence-corrected chi connectivity index (χ3v) is 2.56. The molecule has 0 spiro atoms. The monoisotopic (exact) mass is 243 g/mol. The van der Waals surface area contributed by atoms with Gasteiger partial charge in [-0.1, -0.05) is 0 Å². The standard InChI is InChI=1S/C6H13NO7S/c8-1-2-3(9)4(10)5(11)6(7-2)14-15(12)13/h2-11H,1H2,(H,12,13)/t2-,3+,4+,5-,6?/m1/s1. The van der Waals surface area contributed by atoms with Crippen LogP contribution in [-0.4, -0.2) is 66.4 Å². The second-order valence-corrected chi connectivity index (χ2v) is 3.79. The van der Waals surface area contributed by atoms with Gasteiger partial charge in [-0.15, -0.1) is 0 Å². The van der Waals surface area contributed by atoms with Crippen LogP contribution in [0.5, 0.6) is 0 Å². The van der Waals surface area contributed by atoms with E-state index in [9.17, 15) is 19.5 Å². The van der Waals surface area contributed by atoms with E-state index in [4.69, 9.17) is 9.66 Å². The fraction of sp³-hybridized carbons (Fsp3) is 1.00. The Morgan fingerprint density at radius 1 is 1.20 bits per heavy atom. The van der Waals surface area contributed by atoms with Crippen molar-refractivity contribution in [2.75, 3.05) is 6.61 Å². The highest BCUT2D eigenvalue weighted by Gasteiger charge is 2.43. The SMILES string of the molecule is O=S(O)OC1N[C@H](CO)[C@H](O)[C@H](O)[C@H]1O. The van der Waals surface area contributed by atoms with Gasteiger partial charge < -0.3 is 20.4 Å². The first kappa shape index (κ1) is 12.9. The molecule has 0 aromatic rings. The van der Waals surface area contributed by atoms with Crippen molar-refractivity contribution < 1.29 is 33.4 Å². The van der Waals surface area contributed by atoms with E-state index in [2.05, 4.69) is 9.50 Å². The zero-order valence-corrected chi connectivity index (χ0v) is 8.37. The zero-order valence-electron chi connectivity index (χ0n) is 7.55. The third-order valence-electron chi connectivity index (χ3n) is 2.18. The van der Waals surface area contributed by atoms with E-state index in [1.165, 1.54) is 0 Å². The van der Waals surface area contributed by atoms with Gasteiger partial charge in [-0.25, -0.2) is 4.18 Å². The first-order valence-electron chi connectivity index (χ1n) is 4.16. The van der Waals surface area contributed by atoms with E-state index in [0.29, 0.717) is 0 Å². The number of rotatable bonds is 3. The van der Waals surface area contributed by atoms with Gasteiger partial charge in [0.2, 0.25) is 0 Å². The second kappa shape index (κ2) is 5.27. The highest BCUT2D eigenvalue weighted by molar-refractivity contribution is 7.74. The van der Waals surface area contributed by atoms with Gasteiger partial charge in [0.15, 0.2) is 6.23 Å². The lowest BCUT2D eigenvalue weighted by atomic mass is 9.95. The Kier molecular flexibility index (Phi) is 4.55. The molecule has 1 fully saturated rings. The van der Waals surface area contributed by atoms with Crippen molar-refractivity contribution in [2.45, 2.75) is 30.6 Å². The summed E-state index contributed by atoms with van der Waals surface area (Å²) in [6.45, 7) is -0.511. The molecule has 1 aliphatic heterocycles. The molecule has 90 valence electrons. The van der Waals surface area contributed by atoms with Crippen molar-refractivity contribution in [1.29, 1.82) is 0 Å². The number of hydrogen-bond donors (Lipinski definition) is 6. The average molecular weight is 243 g/mol. The maximum Gasteiger partial charge on any atom is 0.303 e. The van der Waals surface area contributed by atoms with Crippen molar-refractivity contribution in [3.8, 4) is 0 Å². The van der Waals surface area contributed by atoms with Crippen LogP contribution in [0.2, 0.25) is 0 Å². The molecule has 0 saturated carbocycles. The Bertz CT molecular complexity index is 238. The summed E-state index contributed by atoms with van der Waals surface area (Å²) in [5.74, 6) is 0. The predicted octanol–water partition coefficient (Wildman–Crippen LogP) is -3.49. The van der Waals surface area contributed by atoms with Crippen molar-refractivity contribution in [3.05, 3.63) is 0 Å². The van der Waals surface area contributed by atoms with Crippen molar-refractivity contribution in [1.82, 2.24) is 5.32 Å². The first-order chi connectivity index (χ1) is 6.97. The van der Waals surface area contributed by atoms with Gasteiger partial charge in [0.05, 0.1) is 12.6 Å². The van der Waals surface area contributed by atoms with Gasteiger partial charge >= 0.3 is 11.4 Å². The molecule has 6 atom stereocenters. The topological polar surface area (TPSA) is 139 Å². The minimum absolute atomic E-state index is 0.511. The van der Waals surface area contributed by atoms with Crippen LogP contribution in [0, 0.1) is 0 Å². The number of piperidine rings is 1. The average Bonchev–Trinajstić information content (AvgIpc) is 2.18. The van der Waals surface area contributed by atoms with Crippen LogP contribution in [0.15, 0.2) is 0 Å². The van der Waals surface area contributed by atoms with Gasteiger partial charge in [0.25, 0.3) is 0 Å². The lowest BCUT2D eigenvalue weighted by Gasteiger charge is -2.39. The van der Waals surface area contributed by atoms with Gasteiger partial charge in [0, 0.05) is 0 Å². The highest BCUT2D eigenvalue weighted by atomic mass is 32.2. The Morgan fingerprint density at radius 3 is 2.27 bits per heavy atom. The molecule has 0 aliphatic carbocycles. The maximum absolute atomic E-state index is 10.3. The molecule has 1 rings (SSSR count). The summed E-state index contributed by atoms with van der Waals surface area (Å²) in [4.78, 5) is 0. The Labute approximate surface area is 88.0 Å². The number of aliphatic hydroxyl groups excluding tert-OH is 4. The molecule has 1 aliphatic rings. The molecule has 0 bridgehead atoms. The van der Waals surface area contributed by atoms with Crippen LogP contribution in [0.1, 0.15) is 0 Å². The molecule has 0 amide bonds. The lowest BCUT2D eigenvalue weighted by Crippen LogP contribution is -2.66. The molecular formula is C6H13NO7S. The normalized spacial score (nSPS) is 43.9. The van der Waals surface area contributed by atoms with Crippen molar-refractivity contribution >= 4 is 11.4 Å². The van der Waals surface area contributed by atoms with Crippen LogP contribution in [-0.2, 0) is 15.5 Å². The van der Waals surface area contributed by atoms with Gasteiger partial charge in [-0.2, -0.15) is 4.21 Å². The van der Waals surface area contributed by atoms with Crippen LogP contribution in [0.25, 0.3) is 0 Å². The molecule has 0 aromatic heterocycles. The molecule has 8 nitrogen and oxygen atoms in total. The summed E-state index contributed by atoms with van der Waals surface area (Å²) in [5.41, 5.74) is 0. The Balaban J connectivity index is 2.69. The van der Waals surface area contributed by atoms with E-state index in [1.807, 2.05) is 0 Å². The van der Waals surface area contributed by atoms with E-state index in [1.54, 1.807) is 0 Å². The number of nitrogens with one attached hydrogen (secondary N) is 1. The Hall–Kier alpha value is -0.130. The lowest BCUT2D eigenvalue weighted by molar-refractivity contribution is -0.153. The summed E-state index contributed by atoms with van der Waals surface area (Å²) in [5, 5.41) is 39.2. The van der Waals surface area contributed by atoms with Crippen LogP contribution in [0.3, 0.4) is 0 Å². The minimum Gasteiger partial charge on any atom is -0.395 e. The summed E-state index contributed by atoms with van der Waals surface area (Å²) in [7, 11) is 0. The molecule has 2 unspecified atom stereocenters. The molecule has 15 heavy (non-hydrogen) atoms. The third kappa shape index (κ3) is 2.92. The smallest absolute Gasteiger partial charge is 0.303 e. The van der Waals surface area contributed by atoms with Crippen LogP contribution >= 0.6 is 0 Å². The minimum atomic E-state index is -2.62.